The van der Waals surface area contributed by atoms with Crippen LogP contribution in [-0.4, -0.2) is 29.8 Å². The molecule has 0 amide bonds. The molecule has 4 heteroatoms. The molecule has 1 aromatic heterocycles. The lowest BCUT2D eigenvalue weighted by Gasteiger charge is -2.15. The number of rotatable bonds is 8. The average Bonchev–Trinajstić information content (AvgIpc) is 2.99. The Morgan fingerprint density at radius 2 is 2.35 bits per heavy atom. The van der Waals surface area contributed by atoms with E-state index in [9.17, 15) is 0 Å². The fourth-order valence-electron chi connectivity index (χ4n) is 2.19. The molecule has 1 aliphatic rings. The van der Waals surface area contributed by atoms with Gasteiger partial charge in [0.2, 0.25) is 0 Å². The molecule has 0 spiro atoms. The van der Waals surface area contributed by atoms with Crippen molar-refractivity contribution in [2.24, 2.45) is 5.41 Å². The van der Waals surface area contributed by atoms with Crippen molar-refractivity contribution < 1.29 is 4.74 Å². The Morgan fingerprint density at radius 3 is 3.00 bits per heavy atom. The van der Waals surface area contributed by atoms with Gasteiger partial charge in [-0.05, 0) is 24.7 Å². The Hall–Kier alpha value is -0.870. The lowest BCUT2D eigenvalue weighted by molar-refractivity contribution is 0.199. The quantitative estimate of drug-likeness (QED) is 0.701. The summed E-state index contributed by atoms with van der Waals surface area (Å²) in [6, 6.07) is 0. The SMILES string of the molecule is CCC1(Cn2cncc2CNCCOC)CC1. The molecule has 96 valence electrons. The predicted octanol–water partition coefficient (Wildman–Crippen LogP) is 1.81. The van der Waals surface area contributed by atoms with Gasteiger partial charge in [-0.2, -0.15) is 0 Å². The monoisotopic (exact) mass is 237 g/mol. The molecule has 1 N–H and O–H groups in total. The first-order valence-corrected chi connectivity index (χ1v) is 6.48. The Balaban J connectivity index is 1.84. The van der Waals surface area contributed by atoms with E-state index in [1.165, 1.54) is 25.0 Å². The lowest BCUT2D eigenvalue weighted by Crippen LogP contribution is -2.21. The summed E-state index contributed by atoms with van der Waals surface area (Å²) in [6.07, 6.45) is 7.95. The fraction of sp³-hybridized carbons (Fsp3) is 0.769. The van der Waals surface area contributed by atoms with Gasteiger partial charge < -0.3 is 14.6 Å². The molecule has 0 radical (unpaired) electrons. The van der Waals surface area contributed by atoms with Gasteiger partial charge in [0.05, 0.1) is 18.6 Å². The Morgan fingerprint density at radius 1 is 1.53 bits per heavy atom. The van der Waals surface area contributed by atoms with Gasteiger partial charge in [0.25, 0.3) is 0 Å². The van der Waals surface area contributed by atoms with Crippen LogP contribution in [0.4, 0.5) is 0 Å². The van der Waals surface area contributed by atoms with Crippen molar-refractivity contribution in [2.75, 3.05) is 20.3 Å². The van der Waals surface area contributed by atoms with E-state index < -0.39 is 0 Å². The third-order valence-corrected chi connectivity index (χ3v) is 3.80. The maximum atomic E-state index is 5.01. The van der Waals surface area contributed by atoms with E-state index in [0.29, 0.717) is 5.41 Å². The van der Waals surface area contributed by atoms with Crippen LogP contribution in [0.1, 0.15) is 31.9 Å². The third-order valence-electron chi connectivity index (χ3n) is 3.80. The summed E-state index contributed by atoms with van der Waals surface area (Å²) >= 11 is 0. The van der Waals surface area contributed by atoms with Crippen molar-refractivity contribution in [3.05, 3.63) is 18.2 Å². The Bertz CT molecular complexity index is 344. The molecule has 0 aliphatic heterocycles. The first-order chi connectivity index (χ1) is 8.29. The van der Waals surface area contributed by atoms with Crippen LogP contribution in [-0.2, 0) is 17.8 Å². The smallest absolute Gasteiger partial charge is 0.0948 e. The van der Waals surface area contributed by atoms with Gasteiger partial charge in [0.1, 0.15) is 0 Å². The van der Waals surface area contributed by atoms with E-state index in [2.05, 4.69) is 21.8 Å². The molecule has 0 unspecified atom stereocenters. The summed E-state index contributed by atoms with van der Waals surface area (Å²) in [4.78, 5) is 4.26. The molecular weight excluding hydrogens is 214 g/mol. The summed E-state index contributed by atoms with van der Waals surface area (Å²) in [6.45, 7) is 5.95. The number of hydrogen-bond donors (Lipinski definition) is 1. The van der Waals surface area contributed by atoms with Crippen molar-refractivity contribution in [3.63, 3.8) is 0 Å². The maximum Gasteiger partial charge on any atom is 0.0948 e. The summed E-state index contributed by atoms with van der Waals surface area (Å²) in [7, 11) is 1.73. The van der Waals surface area contributed by atoms with Crippen LogP contribution in [0.2, 0.25) is 0 Å². The number of aromatic nitrogens is 2. The molecule has 1 aliphatic carbocycles. The second-order valence-corrected chi connectivity index (χ2v) is 5.04. The van der Waals surface area contributed by atoms with E-state index in [4.69, 9.17) is 4.74 Å². The van der Waals surface area contributed by atoms with Crippen LogP contribution in [0.15, 0.2) is 12.5 Å². The van der Waals surface area contributed by atoms with E-state index in [1.807, 2.05) is 12.5 Å². The number of nitrogens with one attached hydrogen (secondary N) is 1. The number of ether oxygens (including phenoxy) is 1. The van der Waals surface area contributed by atoms with Gasteiger partial charge in [-0.3, -0.25) is 0 Å². The first kappa shape index (κ1) is 12.6. The molecule has 1 fully saturated rings. The van der Waals surface area contributed by atoms with Crippen molar-refractivity contribution in [1.29, 1.82) is 0 Å². The molecule has 1 aromatic rings. The van der Waals surface area contributed by atoms with Gasteiger partial charge >= 0.3 is 0 Å². The number of hydrogen-bond acceptors (Lipinski definition) is 3. The number of nitrogens with zero attached hydrogens (tertiary/aromatic N) is 2. The highest BCUT2D eigenvalue weighted by Gasteiger charge is 2.41. The van der Waals surface area contributed by atoms with Crippen LogP contribution in [0.3, 0.4) is 0 Å². The maximum absolute atomic E-state index is 5.01. The van der Waals surface area contributed by atoms with Gasteiger partial charge in [-0.15, -0.1) is 0 Å². The third kappa shape index (κ3) is 3.30. The van der Waals surface area contributed by atoms with E-state index >= 15 is 0 Å². The van der Waals surface area contributed by atoms with Crippen molar-refractivity contribution in [2.45, 2.75) is 39.3 Å². The Labute approximate surface area is 103 Å². The van der Waals surface area contributed by atoms with Gasteiger partial charge in [0, 0.05) is 32.9 Å². The van der Waals surface area contributed by atoms with Crippen LogP contribution in [0.5, 0.6) is 0 Å². The van der Waals surface area contributed by atoms with Crippen LogP contribution < -0.4 is 5.32 Å². The fourth-order valence-corrected chi connectivity index (χ4v) is 2.19. The minimum Gasteiger partial charge on any atom is -0.383 e. The second kappa shape index (κ2) is 5.65. The molecular formula is C13H23N3O. The van der Waals surface area contributed by atoms with Crippen LogP contribution in [0, 0.1) is 5.41 Å². The summed E-state index contributed by atoms with van der Waals surface area (Å²) in [5.74, 6) is 0. The standard InChI is InChI=1S/C13H23N3O/c1-3-13(4-5-13)10-16-11-15-9-12(16)8-14-6-7-17-2/h9,11,14H,3-8,10H2,1-2H3. The zero-order chi connectivity index (χ0) is 12.1. The largest absolute Gasteiger partial charge is 0.383 e. The topological polar surface area (TPSA) is 39.1 Å². The molecule has 0 bridgehead atoms. The normalized spacial score (nSPS) is 17.3. The zero-order valence-electron chi connectivity index (χ0n) is 10.9. The second-order valence-electron chi connectivity index (χ2n) is 5.04. The minimum atomic E-state index is 0.571. The summed E-state index contributed by atoms with van der Waals surface area (Å²) in [5, 5.41) is 3.37. The van der Waals surface area contributed by atoms with Gasteiger partial charge in [-0.1, -0.05) is 6.92 Å². The summed E-state index contributed by atoms with van der Waals surface area (Å²) < 4.78 is 7.32. The van der Waals surface area contributed by atoms with Crippen LogP contribution in [0.25, 0.3) is 0 Å². The molecule has 4 nitrogen and oxygen atoms in total. The first-order valence-electron chi connectivity index (χ1n) is 6.48. The Kier molecular flexibility index (Phi) is 4.18. The highest BCUT2D eigenvalue weighted by molar-refractivity contribution is 5.02. The molecule has 17 heavy (non-hydrogen) atoms. The van der Waals surface area contributed by atoms with Gasteiger partial charge in [0.15, 0.2) is 0 Å². The predicted molar refractivity (Wildman–Crippen MR) is 67.8 cm³/mol. The van der Waals surface area contributed by atoms with E-state index in [-0.39, 0.29) is 0 Å². The van der Waals surface area contributed by atoms with Crippen molar-refractivity contribution >= 4 is 0 Å². The minimum absolute atomic E-state index is 0.571. The van der Waals surface area contributed by atoms with E-state index in [0.717, 1.165) is 26.2 Å². The number of imidazole rings is 1. The van der Waals surface area contributed by atoms with Gasteiger partial charge in [-0.25, -0.2) is 4.98 Å². The average molecular weight is 237 g/mol. The molecule has 2 rings (SSSR count). The van der Waals surface area contributed by atoms with Crippen LogP contribution >= 0.6 is 0 Å². The molecule has 1 saturated carbocycles. The van der Waals surface area contributed by atoms with Crippen molar-refractivity contribution in [3.8, 4) is 0 Å². The lowest BCUT2D eigenvalue weighted by atomic mass is 10.0. The molecule has 1 heterocycles. The number of methoxy groups -OCH3 is 1. The molecule has 0 aromatic carbocycles. The highest BCUT2D eigenvalue weighted by atomic mass is 16.5. The van der Waals surface area contributed by atoms with E-state index in [1.54, 1.807) is 7.11 Å². The van der Waals surface area contributed by atoms with Crippen molar-refractivity contribution in [1.82, 2.24) is 14.9 Å². The molecule has 0 saturated heterocycles. The molecule has 0 atom stereocenters. The highest BCUT2D eigenvalue weighted by Crippen LogP contribution is 2.50. The zero-order valence-corrected chi connectivity index (χ0v) is 10.9. The summed E-state index contributed by atoms with van der Waals surface area (Å²) in [5.41, 5.74) is 1.85.